The Bertz CT molecular complexity index is 33.9. The summed E-state index contributed by atoms with van der Waals surface area (Å²) in [6, 6.07) is 0. The minimum absolute atomic E-state index is 0.698. The van der Waals surface area contributed by atoms with Crippen LogP contribution in [0.2, 0.25) is 0 Å². The van der Waals surface area contributed by atoms with E-state index < -0.39 is 0 Å². The van der Waals surface area contributed by atoms with Gasteiger partial charge < -0.3 is 0 Å². The molecular weight excluding hydrogens is 99.1 g/mol. The molecule has 0 spiro atoms. The maximum absolute atomic E-state index is 4.70. The van der Waals surface area contributed by atoms with Crippen LogP contribution in [0.4, 0.5) is 0 Å². The second-order valence-corrected chi connectivity index (χ2v) is 3.37. The van der Waals surface area contributed by atoms with Gasteiger partial charge in [0.15, 0.2) is 19.2 Å². The predicted octanol–water partition coefficient (Wildman–Crippen LogP) is 1.54. The van der Waals surface area contributed by atoms with Crippen molar-refractivity contribution >= 4 is 19.2 Å². The zero-order chi connectivity index (χ0) is 4.28. The SMILES string of the molecule is CC(C)[PH+]=S. The monoisotopic (exact) mass is 107 g/mol. The summed E-state index contributed by atoms with van der Waals surface area (Å²) in [6.45, 7) is 4.26. The summed E-state index contributed by atoms with van der Waals surface area (Å²) in [5, 5.41) is 0. The Morgan fingerprint density at radius 3 is 1.80 bits per heavy atom. The molecule has 0 N–H and O–H groups in total. The summed E-state index contributed by atoms with van der Waals surface area (Å²) in [4.78, 5) is 0. The van der Waals surface area contributed by atoms with Crippen molar-refractivity contribution in [2.45, 2.75) is 19.5 Å². The van der Waals surface area contributed by atoms with Gasteiger partial charge in [-0.1, -0.05) is 0 Å². The highest BCUT2D eigenvalue weighted by molar-refractivity contribution is 7.96. The predicted molar refractivity (Wildman–Crippen MR) is 30.8 cm³/mol. The summed E-state index contributed by atoms with van der Waals surface area (Å²) in [7, 11) is 0.698. The lowest BCUT2D eigenvalue weighted by atomic mass is 10.6. The van der Waals surface area contributed by atoms with Gasteiger partial charge in [-0.3, -0.25) is 0 Å². The molecule has 0 saturated carbocycles. The molecule has 0 amide bonds. The number of hydrogen-bond donors (Lipinski definition) is 0. The van der Waals surface area contributed by atoms with Gasteiger partial charge in [0.05, 0.1) is 0 Å². The molecule has 0 aromatic carbocycles. The highest BCUT2D eigenvalue weighted by atomic mass is 32.4. The van der Waals surface area contributed by atoms with E-state index in [4.69, 9.17) is 11.8 Å². The average Bonchev–Trinajstić information content (AvgIpc) is 1.38. The third kappa shape index (κ3) is 4.52. The third-order valence-electron chi connectivity index (χ3n) is 0.236. The first-order chi connectivity index (χ1) is 2.27. The number of rotatable bonds is 1. The van der Waals surface area contributed by atoms with E-state index in [-0.39, 0.29) is 0 Å². The molecule has 5 heavy (non-hydrogen) atoms. The fourth-order valence-electron chi connectivity index (χ4n) is 0. The molecule has 0 heterocycles. The fraction of sp³-hybridized carbons (Fsp3) is 1.00. The molecule has 0 aromatic heterocycles. The molecule has 0 rings (SSSR count). The fourth-order valence-corrected chi connectivity index (χ4v) is 0. The van der Waals surface area contributed by atoms with Crippen molar-refractivity contribution in [3.63, 3.8) is 0 Å². The Balaban J connectivity index is 2.83. The van der Waals surface area contributed by atoms with Gasteiger partial charge in [-0.15, -0.1) is 0 Å². The number of hydrogen-bond acceptors (Lipinski definition) is 1. The first-order valence-electron chi connectivity index (χ1n) is 1.65. The molecule has 0 aliphatic rings. The summed E-state index contributed by atoms with van der Waals surface area (Å²) in [6.07, 6.45) is 0. The van der Waals surface area contributed by atoms with Crippen molar-refractivity contribution in [3.8, 4) is 0 Å². The normalized spacial score (nSPS) is 10.2. The van der Waals surface area contributed by atoms with Gasteiger partial charge in [0.1, 0.15) is 5.66 Å². The van der Waals surface area contributed by atoms with Gasteiger partial charge in [-0.25, -0.2) is 0 Å². The highest BCUT2D eigenvalue weighted by Gasteiger charge is 1.88. The summed E-state index contributed by atoms with van der Waals surface area (Å²) in [5.74, 6) is 0. The maximum Gasteiger partial charge on any atom is 0.163 e. The van der Waals surface area contributed by atoms with Crippen LogP contribution >= 0.6 is 7.36 Å². The van der Waals surface area contributed by atoms with E-state index in [0.717, 1.165) is 5.66 Å². The van der Waals surface area contributed by atoms with Gasteiger partial charge in [0.2, 0.25) is 0 Å². The van der Waals surface area contributed by atoms with Crippen LogP contribution in [0.1, 0.15) is 13.8 Å². The van der Waals surface area contributed by atoms with Crippen molar-refractivity contribution in [3.05, 3.63) is 0 Å². The molecule has 0 bridgehead atoms. The van der Waals surface area contributed by atoms with Crippen molar-refractivity contribution in [2.24, 2.45) is 0 Å². The molecule has 0 saturated heterocycles. The van der Waals surface area contributed by atoms with Crippen molar-refractivity contribution < 1.29 is 0 Å². The van der Waals surface area contributed by atoms with Crippen LogP contribution in [0.15, 0.2) is 0 Å². The minimum Gasteiger partial charge on any atom is -0.0207 e. The lowest BCUT2D eigenvalue weighted by molar-refractivity contribution is 1.12. The van der Waals surface area contributed by atoms with Gasteiger partial charge in [0, 0.05) is 0 Å². The van der Waals surface area contributed by atoms with E-state index in [1.807, 2.05) is 0 Å². The van der Waals surface area contributed by atoms with Crippen LogP contribution in [-0.2, 0) is 11.8 Å². The van der Waals surface area contributed by atoms with E-state index in [9.17, 15) is 0 Å². The Kier molecular flexibility index (Phi) is 3.03. The zero-order valence-corrected chi connectivity index (χ0v) is 5.30. The molecule has 0 fully saturated rings. The largest absolute Gasteiger partial charge is 0.163 e. The summed E-state index contributed by atoms with van der Waals surface area (Å²) < 4.78 is 0. The molecular formula is C3H8PS+. The smallest absolute Gasteiger partial charge is 0.0207 e. The topological polar surface area (TPSA) is 0 Å². The zero-order valence-electron chi connectivity index (χ0n) is 3.49. The standard InChI is InChI=1S/C3H7PS/c1-3(2)4-5/h3H,1-2H3/p+1. The van der Waals surface area contributed by atoms with Crippen molar-refractivity contribution in [2.75, 3.05) is 0 Å². The van der Waals surface area contributed by atoms with Crippen molar-refractivity contribution in [1.82, 2.24) is 0 Å². The molecule has 1 atom stereocenters. The van der Waals surface area contributed by atoms with E-state index in [1.165, 1.54) is 0 Å². The Morgan fingerprint density at radius 2 is 1.80 bits per heavy atom. The van der Waals surface area contributed by atoms with E-state index in [2.05, 4.69) is 13.8 Å². The first kappa shape index (κ1) is 5.52. The molecule has 0 radical (unpaired) electrons. The quantitative estimate of drug-likeness (QED) is 0.458. The van der Waals surface area contributed by atoms with E-state index in [1.54, 1.807) is 0 Å². The van der Waals surface area contributed by atoms with Crippen LogP contribution in [0, 0.1) is 0 Å². The van der Waals surface area contributed by atoms with Crippen LogP contribution in [0.5, 0.6) is 0 Å². The molecule has 2 heteroatoms. The maximum atomic E-state index is 4.70. The Hall–Kier alpha value is 0.520. The van der Waals surface area contributed by atoms with Gasteiger partial charge in [0.25, 0.3) is 0 Å². The lowest BCUT2D eigenvalue weighted by Crippen LogP contribution is -1.72. The third-order valence-corrected chi connectivity index (χ3v) is 2.12. The van der Waals surface area contributed by atoms with Gasteiger partial charge in [-0.2, -0.15) is 0 Å². The Morgan fingerprint density at radius 1 is 1.60 bits per heavy atom. The molecule has 1 unspecified atom stereocenters. The average molecular weight is 107 g/mol. The Labute approximate surface area is 39.4 Å². The lowest BCUT2D eigenvalue weighted by Gasteiger charge is -1.70. The van der Waals surface area contributed by atoms with E-state index >= 15 is 0 Å². The van der Waals surface area contributed by atoms with Crippen LogP contribution in [-0.4, -0.2) is 5.66 Å². The van der Waals surface area contributed by atoms with Gasteiger partial charge >= 0.3 is 0 Å². The molecule has 0 aliphatic heterocycles. The van der Waals surface area contributed by atoms with Crippen LogP contribution < -0.4 is 0 Å². The van der Waals surface area contributed by atoms with E-state index in [0.29, 0.717) is 7.36 Å². The minimum atomic E-state index is 0.698. The molecule has 0 aromatic rings. The molecule has 0 nitrogen and oxygen atoms in total. The second kappa shape index (κ2) is 2.74. The molecule has 0 aliphatic carbocycles. The summed E-state index contributed by atoms with van der Waals surface area (Å²) in [5.41, 5.74) is 0.727. The molecule has 30 valence electrons. The summed E-state index contributed by atoms with van der Waals surface area (Å²) >= 11 is 4.70. The van der Waals surface area contributed by atoms with Gasteiger partial charge in [-0.05, 0) is 13.8 Å². The van der Waals surface area contributed by atoms with Crippen LogP contribution in [0.25, 0.3) is 0 Å². The first-order valence-corrected chi connectivity index (χ1v) is 3.86. The second-order valence-electron chi connectivity index (χ2n) is 1.27. The highest BCUT2D eigenvalue weighted by Crippen LogP contribution is 2.00. The van der Waals surface area contributed by atoms with Crippen molar-refractivity contribution in [1.29, 1.82) is 0 Å². The van der Waals surface area contributed by atoms with Crippen LogP contribution in [0.3, 0.4) is 0 Å².